The molecule has 4 nitrogen and oxygen atoms in total. The Balaban J connectivity index is 1.85. The van der Waals surface area contributed by atoms with Crippen molar-refractivity contribution in [2.45, 2.75) is 6.54 Å². The number of nitrogens with zero attached hydrogens (tertiary/aromatic N) is 1. The Morgan fingerprint density at radius 2 is 2.35 bits per heavy atom. The summed E-state index contributed by atoms with van der Waals surface area (Å²) in [5.74, 6) is 0.00703. The number of amides is 1. The third kappa shape index (κ3) is 2.39. The number of carbonyl (C=O) groups excluding carboxylic acids is 1. The molecule has 1 aromatic carbocycles. The van der Waals surface area contributed by atoms with Gasteiger partial charge in [-0.1, -0.05) is 11.6 Å². The Morgan fingerprint density at radius 3 is 3.10 bits per heavy atom. The van der Waals surface area contributed by atoms with Crippen LogP contribution in [0.1, 0.15) is 15.5 Å². The lowest BCUT2D eigenvalue weighted by atomic mass is 10.2. The number of halogens is 2. The second-order valence-electron chi connectivity index (χ2n) is 4.10. The highest BCUT2D eigenvalue weighted by atomic mass is 35.5. The van der Waals surface area contributed by atoms with Crippen LogP contribution in [-0.2, 0) is 6.54 Å². The lowest BCUT2D eigenvalue weighted by Crippen LogP contribution is -2.22. The maximum Gasteiger partial charge on any atom is 0.263 e. The molecule has 0 aliphatic rings. The highest BCUT2D eigenvalue weighted by Gasteiger charge is 2.17. The molecule has 0 saturated heterocycles. The standard InChI is InChI=1S/C13H9ClFN3OS/c14-11-8-2-1-7(15)5-9(8)20-12(11)13(19)18-6-10-16-3-4-17-10/h1-5H,6H2,(H,16,17)(H,18,19). The zero-order valence-corrected chi connectivity index (χ0v) is 11.7. The van der Waals surface area contributed by atoms with Crippen molar-refractivity contribution in [2.24, 2.45) is 0 Å². The van der Waals surface area contributed by atoms with E-state index in [1.165, 1.54) is 23.5 Å². The topological polar surface area (TPSA) is 57.8 Å². The molecule has 0 fully saturated rings. The van der Waals surface area contributed by atoms with Gasteiger partial charge in [0.2, 0.25) is 0 Å². The van der Waals surface area contributed by atoms with Gasteiger partial charge in [-0.15, -0.1) is 11.3 Å². The van der Waals surface area contributed by atoms with E-state index >= 15 is 0 Å². The lowest BCUT2D eigenvalue weighted by Gasteiger charge is -2.01. The average Bonchev–Trinajstić information content (AvgIpc) is 3.04. The van der Waals surface area contributed by atoms with Crippen LogP contribution in [0.4, 0.5) is 4.39 Å². The van der Waals surface area contributed by atoms with Crippen LogP contribution in [0.2, 0.25) is 5.02 Å². The van der Waals surface area contributed by atoms with Gasteiger partial charge in [-0.2, -0.15) is 0 Å². The van der Waals surface area contributed by atoms with E-state index in [4.69, 9.17) is 11.6 Å². The Morgan fingerprint density at radius 1 is 1.50 bits per heavy atom. The third-order valence-electron chi connectivity index (χ3n) is 2.77. The molecule has 7 heteroatoms. The number of hydrogen-bond donors (Lipinski definition) is 2. The Labute approximate surface area is 122 Å². The molecule has 0 aliphatic heterocycles. The van der Waals surface area contributed by atoms with Gasteiger partial charge in [0.1, 0.15) is 16.5 Å². The maximum absolute atomic E-state index is 13.2. The SMILES string of the molecule is O=C(NCc1ncc[nH]1)c1sc2cc(F)ccc2c1Cl. The number of hydrogen-bond acceptors (Lipinski definition) is 3. The monoisotopic (exact) mass is 309 g/mol. The largest absolute Gasteiger partial charge is 0.347 e. The summed E-state index contributed by atoms with van der Waals surface area (Å²) in [6, 6.07) is 4.27. The summed E-state index contributed by atoms with van der Waals surface area (Å²) in [6.45, 7) is 0.283. The molecule has 20 heavy (non-hydrogen) atoms. The molecule has 0 bridgehead atoms. The van der Waals surface area contributed by atoms with Gasteiger partial charge in [0.25, 0.3) is 5.91 Å². The van der Waals surface area contributed by atoms with Crippen molar-refractivity contribution in [2.75, 3.05) is 0 Å². The van der Waals surface area contributed by atoms with E-state index in [9.17, 15) is 9.18 Å². The molecule has 0 atom stereocenters. The highest BCUT2D eigenvalue weighted by molar-refractivity contribution is 7.21. The fourth-order valence-corrected chi connectivity index (χ4v) is 3.28. The first kappa shape index (κ1) is 13.1. The molecular formula is C13H9ClFN3OS. The number of aromatic amines is 1. The molecule has 3 aromatic rings. The summed E-state index contributed by atoms with van der Waals surface area (Å²) in [5.41, 5.74) is 0. The minimum Gasteiger partial charge on any atom is -0.347 e. The van der Waals surface area contributed by atoms with Crippen LogP contribution in [0.3, 0.4) is 0 Å². The van der Waals surface area contributed by atoms with Crippen LogP contribution in [0, 0.1) is 5.82 Å². The normalized spacial score (nSPS) is 10.9. The van der Waals surface area contributed by atoms with Crippen LogP contribution in [0.15, 0.2) is 30.6 Å². The average molecular weight is 310 g/mol. The van der Waals surface area contributed by atoms with E-state index < -0.39 is 0 Å². The van der Waals surface area contributed by atoms with Gasteiger partial charge < -0.3 is 10.3 Å². The van der Waals surface area contributed by atoms with Gasteiger partial charge in [0.15, 0.2) is 0 Å². The van der Waals surface area contributed by atoms with Crippen LogP contribution in [0.5, 0.6) is 0 Å². The van der Waals surface area contributed by atoms with E-state index in [0.717, 1.165) is 0 Å². The smallest absolute Gasteiger partial charge is 0.263 e. The first-order valence-electron chi connectivity index (χ1n) is 5.79. The summed E-state index contributed by atoms with van der Waals surface area (Å²) in [5, 5.41) is 3.75. The highest BCUT2D eigenvalue weighted by Crippen LogP contribution is 2.35. The third-order valence-corrected chi connectivity index (χ3v) is 4.42. The molecule has 3 rings (SSSR count). The predicted molar refractivity (Wildman–Crippen MR) is 76.6 cm³/mol. The number of benzene rings is 1. The summed E-state index contributed by atoms with van der Waals surface area (Å²) in [4.78, 5) is 19.4. The molecule has 0 radical (unpaired) electrons. The summed E-state index contributed by atoms with van der Waals surface area (Å²) in [6.07, 6.45) is 3.29. The van der Waals surface area contributed by atoms with Gasteiger partial charge in [-0.05, 0) is 18.2 Å². The minimum absolute atomic E-state index is 0.283. The van der Waals surface area contributed by atoms with E-state index in [1.54, 1.807) is 18.5 Å². The first-order valence-corrected chi connectivity index (χ1v) is 6.98. The van der Waals surface area contributed by atoms with Crippen molar-refractivity contribution in [1.29, 1.82) is 0 Å². The lowest BCUT2D eigenvalue weighted by molar-refractivity contribution is 0.0954. The number of rotatable bonds is 3. The molecule has 2 heterocycles. The fraction of sp³-hybridized carbons (Fsp3) is 0.0769. The predicted octanol–water partition coefficient (Wildman–Crippen LogP) is 3.35. The number of imidazole rings is 1. The van der Waals surface area contributed by atoms with Crippen LogP contribution < -0.4 is 5.32 Å². The number of fused-ring (bicyclic) bond motifs is 1. The van der Waals surface area contributed by atoms with Gasteiger partial charge >= 0.3 is 0 Å². The molecule has 2 N–H and O–H groups in total. The molecule has 102 valence electrons. The van der Waals surface area contributed by atoms with Gasteiger partial charge in [0, 0.05) is 22.5 Å². The van der Waals surface area contributed by atoms with Crippen LogP contribution >= 0.6 is 22.9 Å². The van der Waals surface area contributed by atoms with E-state index in [2.05, 4.69) is 15.3 Å². The molecule has 0 saturated carbocycles. The minimum atomic E-state index is -0.349. The molecule has 2 aromatic heterocycles. The number of carbonyl (C=O) groups is 1. The molecule has 1 amide bonds. The van der Waals surface area contributed by atoms with E-state index in [-0.39, 0.29) is 18.3 Å². The van der Waals surface area contributed by atoms with Gasteiger partial charge in [-0.25, -0.2) is 9.37 Å². The van der Waals surface area contributed by atoms with Crippen LogP contribution in [0.25, 0.3) is 10.1 Å². The van der Waals surface area contributed by atoms with Crippen molar-refractivity contribution < 1.29 is 9.18 Å². The molecular weight excluding hydrogens is 301 g/mol. The van der Waals surface area contributed by atoms with E-state index in [0.29, 0.717) is 25.8 Å². The van der Waals surface area contributed by atoms with E-state index in [1.807, 2.05) is 0 Å². The van der Waals surface area contributed by atoms with Gasteiger partial charge in [-0.3, -0.25) is 4.79 Å². The Kier molecular flexibility index (Phi) is 3.42. The maximum atomic E-state index is 13.2. The molecule has 0 aliphatic carbocycles. The van der Waals surface area contributed by atoms with Crippen molar-refractivity contribution in [1.82, 2.24) is 15.3 Å². The van der Waals surface area contributed by atoms with Crippen molar-refractivity contribution in [3.05, 3.63) is 52.1 Å². The number of aromatic nitrogens is 2. The number of H-pyrrole nitrogens is 1. The van der Waals surface area contributed by atoms with Crippen molar-refractivity contribution >= 4 is 38.9 Å². The Bertz CT molecular complexity index is 769. The molecule has 0 spiro atoms. The zero-order chi connectivity index (χ0) is 14.1. The summed E-state index contributed by atoms with van der Waals surface area (Å²) >= 11 is 7.34. The number of thiophene rings is 1. The molecule has 0 unspecified atom stereocenters. The Hall–Kier alpha value is -1.92. The number of nitrogens with one attached hydrogen (secondary N) is 2. The van der Waals surface area contributed by atoms with Crippen LogP contribution in [-0.4, -0.2) is 15.9 Å². The summed E-state index contributed by atoms with van der Waals surface area (Å²) < 4.78 is 13.8. The van der Waals surface area contributed by atoms with Crippen molar-refractivity contribution in [3.63, 3.8) is 0 Å². The zero-order valence-electron chi connectivity index (χ0n) is 10.1. The fourth-order valence-electron chi connectivity index (χ4n) is 1.82. The van der Waals surface area contributed by atoms with Gasteiger partial charge in [0.05, 0.1) is 11.6 Å². The quantitative estimate of drug-likeness (QED) is 0.779. The second kappa shape index (κ2) is 5.22. The second-order valence-corrected chi connectivity index (χ2v) is 5.53. The van der Waals surface area contributed by atoms with Crippen molar-refractivity contribution in [3.8, 4) is 0 Å². The first-order chi connectivity index (χ1) is 9.65. The summed E-state index contributed by atoms with van der Waals surface area (Å²) in [7, 11) is 0.